The Bertz CT molecular complexity index is 39.3. The number of alkyl halides is 1. The van der Waals surface area contributed by atoms with Gasteiger partial charge in [-0.05, 0) is 12.8 Å². The van der Waals surface area contributed by atoms with E-state index in [2.05, 4.69) is 15.9 Å². The molecule has 7 heavy (non-hydrogen) atoms. The van der Waals surface area contributed by atoms with Crippen molar-refractivity contribution in [2.24, 2.45) is 0 Å². The maximum absolute atomic E-state index is 3.54. The minimum atomic E-state index is 0. The maximum Gasteiger partial charge on any atom is 0.0145 e. The second-order valence-electron chi connectivity index (χ2n) is 1.88. The SMILES string of the molecule is BrC1CCCC1.[Br-]. The van der Waals surface area contributed by atoms with Crippen LogP contribution in [0, 0.1) is 0 Å². The van der Waals surface area contributed by atoms with Crippen LogP contribution in [0.25, 0.3) is 0 Å². The second kappa shape index (κ2) is 3.90. The summed E-state index contributed by atoms with van der Waals surface area (Å²) in [7, 11) is 0. The Balaban J connectivity index is 0.000000360. The topological polar surface area (TPSA) is 0 Å². The molecule has 44 valence electrons. The Hall–Kier alpha value is 0.960. The van der Waals surface area contributed by atoms with Crippen molar-refractivity contribution >= 4 is 15.9 Å². The molecule has 1 rings (SSSR count). The molecule has 2 heteroatoms. The predicted molar refractivity (Wildman–Crippen MR) is 31.2 cm³/mol. The first-order valence-electron chi connectivity index (χ1n) is 2.53. The lowest BCUT2D eigenvalue weighted by atomic mass is 10.4. The highest BCUT2D eigenvalue weighted by Gasteiger charge is 2.09. The molecular weight excluding hydrogens is 220 g/mol. The molecule has 0 heterocycles. The molecule has 1 aliphatic rings. The molecular formula is C5H9Br2-. The third kappa shape index (κ3) is 2.70. The molecule has 0 nitrogen and oxygen atoms in total. The third-order valence-electron chi connectivity index (χ3n) is 1.28. The summed E-state index contributed by atoms with van der Waals surface area (Å²) in [6.45, 7) is 0. The standard InChI is InChI=1S/C5H9Br.BrH/c6-5-3-1-2-4-5;/h5H,1-4H2;1H/p-1. The van der Waals surface area contributed by atoms with Crippen LogP contribution in [-0.2, 0) is 0 Å². The molecule has 0 aromatic carbocycles. The number of hydrogen-bond acceptors (Lipinski definition) is 0. The van der Waals surface area contributed by atoms with Crippen molar-refractivity contribution in [3.63, 3.8) is 0 Å². The van der Waals surface area contributed by atoms with Gasteiger partial charge in [-0.1, -0.05) is 28.8 Å². The first-order chi connectivity index (χ1) is 2.89. The van der Waals surface area contributed by atoms with E-state index in [1.807, 2.05) is 0 Å². The zero-order valence-electron chi connectivity index (χ0n) is 4.16. The molecule has 1 fully saturated rings. The van der Waals surface area contributed by atoms with Gasteiger partial charge < -0.3 is 17.0 Å². The Morgan fingerprint density at radius 1 is 1.14 bits per heavy atom. The normalized spacial score (nSPS) is 21.9. The summed E-state index contributed by atoms with van der Waals surface area (Å²) >= 11 is 3.54. The monoisotopic (exact) mass is 227 g/mol. The van der Waals surface area contributed by atoms with E-state index in [1.54, 1.807) is 0 Å². The second-order valence-corrected chi connectivity index (χ2v) is 3.18. The Labute approximate surface area is 63.6 Å². The lowest BCUT2D eigenvalue weighted by molar-refractivity contribution is -0.00000118. The third-order valence-corrected chi connectivity index (χ3v) is 2.20. The van der Waals surface area contributed by atoms with E-state index < -0.39 is 0 Å². The van der Waals surface area contributed by atoms with Gasteiger partial charge in [-0.15, -0.1) is 0 Å². The van der Waals surface area contributed by atoms with Gasteiger partial charge >= 0.3 is 0 Å². The van der Waals surface area contributed by atoms with Crippen LogP contribution < -0.4 is 17.0 Å². The molecule has 0 N–H and O–H groups in total. The van der Waals surface area contributed by atoms with Gasteiger partial charge in [0.2, 0.25) is 0 Å². The molecule has 0 aromatic heterocycles. The lowest BCUT2D eigenvalue weighted by Gasteiger charge is -1.88. The molecule has 1 saturated carbocycles. The molecule has 0 unspecified atom stereocenters. The summed E-state index contributed by atoms with van der Waals surface area (Å²) in [5.41, 5.74) is 0. The maximum atomic E-state index is 3.54. The average molecular weight is 229 g/mol. The Morgan fingerprint density at radius 3 is 1.71 bits per heavy atom. The van der Waals surface area contributed by atoms with Crippen molar-refractivity contribution in [2.75, 3.05) is 0 Å². The fourth-order valence-electron chi connectivity index (χ4n) is 0.876. The highest BCUT2D eigenvalue weighted by Crippen LogP contribution is 2.23. The number of halogens is 2. The van der Waals surface area contributed by atoms with Gasteiger partial charge in [-0.3, -0.25) is 0 Å². The zero-order chi connectivity index (χ0) is 4.41. The molecule has 0 atom stereocenters. The summed E-state index contributed by atoms with van der Waals surface area (Å²) in [6, 6.07) is 0. The van der Waals surface area contributed by atoms with Gasteiger partial charge in [-0.2, -0.15) is 0 Å². The van der Waals surface area contributed by atoms with Gasteiger partial charge in [0, 0.05) is 4.83 Å². The van der Waals surface area contributed by atoms with E-state index in [-0.39, 0.29) is 17.0 Å². The van der Waals surface area contributed by atoms with Crippen LogP contribution in [0.5, 0.6) is 0 Å². The highest BCUT2D eigenvalue weighted by atomic mass is 79.9. The largest absolute Gasteiger partial charge is 1.00 e. The van der Waals surface area contributed by atoms with E-state index in [4.69, 9.17) is 0 Å². The first-order valence-corrected chi connectivity index (χ1v) is 3.45. The van der Waals surface area contributed by atoms with Crippen molar-refractivity contribution in [2.45, 2.75) is 30.5 Å². The average Bonchev–Trinajstić information content (AvgIpc) is 1.86. The first kappa shape index (κ1) is 7.96. The lowest BCUT2D eigenvalue weighted by Crippen LogP contribution is -3.00. The van der Waals surface area contributed by atoms with E-state index in [0.717, 1.165) is 4.83 Å². The highest BCUT2D eigenvalue weighted by molar-refractivity contribution is 9.09. The van der Waals surface area contributed by atoms with Gasteiger partial charge in [0.05, 0.1) is 0 Å². The summed E-state index contributed by atoms with van der Waals surface area (Å²) in [5, 5.41) is 0. The van der Waals surface area contributed by atoms with Crippen molar-refractivity contribution in [1.29, 1.82) is 0 Å². The van der Waals surface area contributed by atoms with Crippen LogP contribution in [0.3, 0.4) is 0 Å². The van der Waals surface area contributed by atoms with Crippen LogP contribution >= 0.6 is 15.9 Å². The van der Waals surface area contributed by atoms with Crippen LogP contribution in [0.15, 0.2) is 0 Å². The molecule has 0 amide bonds. The molecule has 0 saturated heterocycles. The van der Waals surface area contributed by atoms with Crippen molar-refractivity contribution in [3.8, 4) is 0 Å². The van der Waals surface area contributed by atoms with Crippen molar-refractivity contribution in [3.05, 3.63) is 0 Å². The molecule has 0 aliphatic heterocycles. The van der Waals surface area contributed by atoms with Gasteiger partial charge in [0.1, 0.15) is 0 Å². The van der Waals surface area contributed by atoms with Crippen LogP contribution in [0.1, 0.15) is 25.7 Å². The molecule has 0 spiro atoms. The quantitative estimate of drug-likeness (QED) is 0.483. The van der Waals surface area contributed by atoms with Crippen LogP contribution in [0.4, 0.5) is 0 Å². The smallest absolute Gasteiger partial charge is 0.0145 e. The van der Waals surface area contributed by atoms with E-state index in [1.165, 1.54) is 25.7 Å². The molecule has 1 aliphatic carbocycles. The van der Waals surface area contributed by atoms with Gasteiger partial charge in [0.25, 0.3) is 0 Å². The summed E-state index contributed by atoms with van der Waals surface area (Å²) in [6.07, 6.45) is 5.69. The Kier molecular flexibility index (Phi) is 4.44. The fraction of sp³-hybridized carbons (Fsp3) is 1.00. The molecule has 0 aromatic rings. The fourth-order valence-corrected chi connectivity index (χ4v) is 1.52. The summed E-state index contributed by atoms with van der Waals surface area (Å²) in [4.78, 5) is 0.859. The van der Waals surface area contributed by atoms with Gasteiger partial charge in [0.15, 0.2) is 0 Å². The van der Waals surface area contributed by atoms with Crippen LogP contribution in [0.2, 0.25) is 0 Å². The van der Waals surface area contributed by atoms with Crippen molar-refractivity contribution < 1.29 is 17.0 Å². The minimum Gasteiger partial charge on any atom is -1.00 e. The molecule has 0 radical (unpaired) electrons. The Morgan fingerprint density at radius 2 is 1.57 bits per heavy atom. The predicted octanol–water partition coefficient (Wildman–Crippen LogP) is -0.672. The summed E-state index contributed by atoms with van der Waals surface area (Å²) < 4.78 is 0. The minimum absolute atomic E-state index is 0. The number of hydrogen-bond donors (Lipinski definition) is 0. The zero-order valence-corrected chi connectivity index (χ0v) is 7.33. The van der Waals surface area contributed by atoms with Gasteiger partial charge in [-0.25, -0.2) is 0 Å². The summed E-state index contributed by atoms with van der Waals surface area (Å²) in [5.74, 6) is 0. The van der Waals surface area contributed by atoms with Crippen LogP contribution in [-0.4, -0.2) is 4.83 Å². The van der Waals surface area contributed by atoms with E-state index in [9.17, 15) is 0 Å². The van der Waals surface area contributed by atoms with E-state index in [0.29, 0.717) is 0 Å². The van der Waals surface area contributed by atoms with E-state index >= 15 is 0 Å². The number of rotatable bonds is 0. The van der Waals surface area contributed by atoms with Crippen molar-refractivity contribution in [1.82, 2.24) is 0 Å². The molecule has 0 bridgehead atoms.